The molecule has 1 unspecified atom stereocenters. The zero-order valence-electron chi connectivity index (χ0n) is 11.8. The Morgan fingerprint density at radius 2 is 1.95 bits per heavy atom. The van der Waals surface area contributed by atoms with Crippen molar-refractivity contribution in [3.8, 4) is 0 Å². The van der Waals surface area contributed by atoms with Gasteiger partial charge in [-0.3, -0.25) is 9.59 Å². The van der Waals surface area contributed by atoms with Crippen molar-refractivity contribution in [2.45, 2.75) is 18.1 Å². The smallest absolute Gasteiger partial charge is 0.307 e. The summed E-state index contributed by atoms with van der Waals surface area (Å²) < 4.78 is 22.7. The van der Waals surface area contributed by atoms with E-state index in [0.29, 0.717) is 17.7 Å². The second-order valence-electron chi connectivity index (χ2n) is 5.15. The van der Waals surface area contributed by atoms with Crippen molar-refractivity contribution >= 4 is 39.2 Å². The highest BCUT2D eigenvalue weighted by Gasteiger charge is 2.28. The number of nitrogens with one attached hydrogen (secondary N) is 1. The quantitative estimate of drug-likeness (QED) is 0.804. The molecule has 0 saturated carbocycles. The average Bonchev–Trinajstić information content (AvgIpc) is 2.78. The summed E-state index contributed by atoms with van der Waals surface area (Å²) >= 11 is 1.36. The molecule has 1 aromatic rings. The van der Waals surface area contributed by atoms with E-state index in [0.717, 1.165) is 0 Å². The Hall–Kier alpha value is -1.54. The third kappa shape index (κ3) is 5.34. The molecule has 1 atom stereocenters. The lowest BCUT2D eigenvalue weighted by Gasteiger charge is -2.08. The number of hydrogen-bond donors (Lipinski definition) is 2. The van der Waals surface area contributed by atoms with Crippen LogP contribution in [-0.2, 0) is 25.8 Å². The fourth-order valence-corrected chi connectivity index (χ4v) is 5.61. The summed E-state index contributed by atoms with van der Waals surface area (Å²) in [6.45, 7) is 0. The van der Waals surface area contributed by atoms with Gasteiger partial charge in [0.15, 0.2) is 9.84 Å². The van der Waals surface area contributed by atoms with Gasteiger partial charge in [0.2, 0.25) is 5.91 Å². The van der Waals surface area contributed by atoms with Gasteiger partial charge in [0.25, 0.3) is 0 Å². The number of carboxylic acids is 1. The van der Waals surface area contributed by atoms with E-state index in [9.17, 15) is 18.0 Å². The summed E-state index contributed by atoms with van der Waals surface area (Å²) in [6.07, 6.45) is 0.546. The minimum atomic E-state index is -2.92. The van der Waals surface area contributed by atoms with Crippen LogP contribution < -0.4 is 5.32 Å². The van der Waals surface area contributed by atoms with Crippen LogP contribution in [0.2, 0.25) is 0 Å². The van der Waals surface area contributed by atoms with Crippen LogP contribution in [0.25, 0.3) is 0 Å². The summed E-state index contributed by atoms with van der Waals surface area (Å²) in [6, 6.07) is 6.61. The van der Waals surface area contributed by atoms with E-state index in [1.165, 1.54) is 11.8 Å². The molecule has 1 amide bonds. The highest BCUT2D eigenvalue weighted by Crippen LogP contribution is 2.24. The van der Waals surface area contributed by atoms with Crippen LogP contribution in [0.1, 0.15) is 12.0 Å². The number of carbonyl (C=O) groups excluding carboxylic acids is 1. The summed E-state index contributed by atoms with van der Waals surface area (Å²) in [5, 5.41) is 11.4. The Morgan fingerprint density at radius 1 is 1.27 bits per heavy atom. The van der Waals surface area contributed by atoms with Gasteiger partial charge in [0, 0.05) is 10.9 Å². The minimum Gasteiger partial charge on any atom is -0.481 e. The largest absolute Gasteiger partial charge is 0.481 e. The number of benzene rings is 1. The van der Waals surface area contributed by atoms with Crippen molar-refractivity contribution in [2.75, 3.05) is 22.6 Å². The molecule has 1 heterocycles. The lowest BCUT2D eigenvalue weighted by molar-refractivity contribution is -0.136. The van der Waals surface area contributed by atoms with Gasteiger partial charge in [-0.2, -0.15) is 0 Å². The van der Waals surface area contributed by atoms with Crippen LogP contribution in [0, 0.1) is 0 Å². The molecule has 1 aliphatic heterocycles. The first-order chi connectivity index (χ1) is 10.3. The van der Waals surface area contributed by atoms with Gasteiger partial charge in [-0.15, -0.1) is 11.8 Å². The number of carbonyl (C=O) groups is 2. The lowest BCUT2D eigenvalue weighted by Crippen LogP contribution is -2.17. The van der Waals surface area contributed by atoms with Crippen LogP contribution in [0.4, 0.5) is 5.69 Å². The van der Waals surface area contributed by atoms with E-state index in [2.05, 4.69) is 5.32 Å². The minimum absolute atomic E-state index is 0.00584. The van der Waals surface area contributed by atoms with Gasteiger partial charge >= 0.3 is 5.97 Å². The molecule has 0 spiro atoms. The first-order valence-corrected chi connectivity index (χ1v) is 9.64. The number of carboxylic acid groups (broad SMARTS) is 1. The Bertz CT molecular complexity index is 654. The standard InChI is InChI=1S/C14H17NO5S2/c16-13(8-21-12-5-6-22(19,20)9-12)15-11-3-1-10(2-4-11)7-14(17)18/h1-4,12H,5-9H2,(H,15,16)(H,17,18). The van der Waals surface area contributed by atoms with Crippen molar-refractivity contribution < 1.29 is 23.1 Å². The van der Waals surface area contributed by atoms with Crippen molar-refractivity contribution in [3.63, 3.8) is 0 Å². The maximum absolute atomic E-state index is 11.8. The number of thioether (sulfide) groups is 1. The van der Waals surface area contributed by atoms with Crippen LogP contribution in [-0.4, -0.2) is 47.9 Å². The Morgan fingerprint density at radius 3 is 2.50 bits per heavy atom. The van der Waals surface area contributed by atoms with Crippen molar-refractivity contribution in [3.05, 3.63) is 29.8 Å². The average molecular weight is 343 g/mol. The van der Waals surface area contributed by atoms with E-state index >= 15 is 0 Å². The summed E-state index contributed by atoms with van der Waals surface area (Å²) in [7, 11) is -2.92. The molecule has 1 fully saturated rings. The molecule has 1 aromatic carbocycles. The van der Waals surface area contributed by atoms with E-state index in [1.54, 1.807) is 24.3 Å². The summed E-state index contributed by atoms with van der Waals surface area (Å²) in [4.78, 5) is 22.4. The van der Waals surface area contributed by atoms with Crippen LogP contribution >= 0.6 is 11.8 Å². The summed E-state index contributed by atoms with van der Waals surface area (Å²) in [5.41, 5.74) is 1.26. The van der Waals surface area contributed by atoms with Gasteiger partial charge in [0.1, 0.15) is 0 Å². The molecule has 22 heavy (non-hydrogen) atoms. The fourth-order valence-electron chi connectivity index (χ4n) is 2.16. The first kappa shape index (κ1) is 16.8. The molecule has 1 aliphatic rings. The molecule has 0 bridgehead atoms. The predicted molar refractivity (Wildman–Crippen MR) is 85.9 cm³/mol. The molecule has 8 heteroatoms. The van der Waals surface area contributed by atoms with Crippen molar-refractivity contribution in [2.24, 2.45) is 0 Å². The second kappa shape index (κ2) is 7.15. The third-order valence-electron chi connectivity index (χ3n) is 3.23. The molecule has 0 aromatic heterocycles. The molecule has 120 valence electrons. The number of anilines is 1. The Balaban J connectivity index is 1.78. The fraction of sp³-hybridized carbons (Fsp3) is 0.429. The number of amides is 1. The van der Waals surface area contributed by atoms with Crippen LogP contribution in [0.3, 0.4) is 0 Å². The normalized spacial score (nSPS) is 19.7. The monoisotopic (exact) mass is 343 g/mol. The van der Waals surface area contributed by atoms with Crippen LogP contribution in [0.15, 0.2) is 24.3 Å². The van der Waals surface area contributed by atoms with Gasteiger partial charge < -0.3 is 10.4 Å². The molecule has 1 saturated heterocycles. The zero-order valence-corrected chi connectivity index (χ0v) is 13.5. The van der Waals surface area contributed by atoms with Crippen molar-refractivity contribution in [1.29, 1.82) is 0 Å². The van der Waals surface area contributed by atoms with E-state index in [4.69, 9.17) is 5.11 Å². The number of rotatable bonds is 6. The van der Waals surface area contributed by atoms with E-state index in [-0.39, 0.29) is 34.8 Å². The Kier molecular flexibility index (Phi) is 5.47. The van der Waals surface area contributed by atoms with E-state index < -0.39 is 15.8 Å². The molecule has 2 N–H and O–H groups in total. The van der Waals surface area contributed by atoms with Gasteiger partial charge in [-0.05, 0) is 24.1 Å². The topological polar surface area (TPSA) is 101 Å². The maximum Gasteiger partial charge on any atom is 0.307 e. The molecule has 0 radical (unpaired) electrons. The number of hydrogen-bond acceptors (Lipinski definition) is 5. The molecule has 6 nitrogen and oxygen atoms in total. The van der Waals surface area contributed by atoms with Gasteiger partial charge in [-0.25, -0.2) is 8.42 Å². The van der Waals surface area contributed by atoms with Crippen molar-refractivity contribution in [1.82, 2.24) is 0 Å². The maximum atomic E-state index is 11.8. The number of sulfone groups is 1. The lowest BCUT2D eigenvalue weighted by atomic mass is 10.1. The molecular weight excluding hydrogens is 326 g/mol. The second-order valence-corrected chi connectivity index (χ2v) is 8.67. The highest BCUT2D eigenvalue weighted by atomic mass is 32.2. The molecule has 2 rings (SSSR count). The number of aliphatic carboxylic acids is 1. The Labute approximate surface area is 133 Å². The predicted octanol–water partition coefficient (Wildman–Crippen LogP) is 1.17. The SMILES string of the molecule is O=C(O)Cc1ccc(NC(=O)CSC2CCS(=O)(=O)C2)cc1. The summed E-state index contributed by atoms with van der Waals surface area (Å²) in [5.74, 6) is -0.538. The van der Waals surface area contributed by atoms with E-state index in [1.807, 2.05) is 0 Å². The third-order valence-corrected chi connectivity index (χ3v) is 6.52. The van der Waals surface area contributed by atoms with Gasteiger partial charge in [-0.1, -0.05) is 12.1 Å². The highest BCUT2D eigenvalue weighted by molar-refractivity contribution is 8.02. The van der Waals surface area contributed by atoms with Gasteiger partial charge in [0.05, 0.1) is 23.7 Å². The van der Waals surface area contributed by atoms with Crippen LogP contribution in [0.5, 0.6) is 0 Å². The first-order valence-electron chi connectivity index (χ1n) is 6.77. The molecular formula is C14H17NO5S2. The molecule has 0 aliphatic carbocycles. The zero-order chi connectivity index (χ0) is 16.2.